The average molecular weight is 318 g/mol. The zero-order chi connectivity index (χ0) is 15.9. The number of nitrogens with one attached hydrogen (secondary N) is 1. The second-order valence-electron chi connectivity index (χ2n) is 5.59. The molecule has 1 aromatic carbocycles. The Kier molecular flexibility index (Phi) is 6.10. The van der Waals surface area contributed by atoms with Gasteiger partial charge in [-0.1, -0.05) is 37.3 Å². The van der Waals surface area contributed by atoms with Crippen LogP contribution in [0.4, 0.5) is 0 Å². The van der Waals surface area contributed by atoms with Crippen molar-refractivity contribution in [3.05, 3.63) is 52.0 Å². The number of aliphatic hydroxyl groups excluding tert-OH is 1. The maximum Gasteiger partial charge on any atom is 0.226 e. The molecular formula is C17H22N2O2S. The molecule has 22 heavy (non-hydrogen) atoms. The fourth-order valence-electron chi connectivity index (χ4n) is 2.05. The van der Waals surface area contributed by atoms with Crippen LogP contribution in [-0.4, -0.2) is 28.6 Å². The minimum absolute atomic E-state index is 0.0417. The number of benzene rings is 1. The molecule has 1 amide bonds. The summed E-state index contributed by atoms with van der Waals surface area (Å²) < 4.78 is 0. The lowest BCUT2D eigenvalue weighted by Gasteiger charge is -2.18. The van der Waals surface area contributed by atoms with E-state index < -0.39 is 0 Å². The number of rotatable bonds is 7. The predicted molar refractivity (Wildman–Crippen MR) is 88.9 cm³/mol. The highest BCUT2D eigenvalue weighted by Gasteiger charge is 2.15. The van der Waals surface area contributed by atoms with Crippen molar-refractivity contribution in [2.75, 3.05) is 6.61 Å². The molecule has 0 saturated heterocycles. The van der Waals surface area contributed by atoms with Gasteiger partial charge in [-0.3, -0.25) is 4.79 Å². The molecule has 0 bridgehead atoms. The molecule has 2 N–H and O–H groups in total. The summed E-state index contributed by atoms with van der Waals surface area (Å²) in [6.45, 7) is 3.88. The highest BCUT2D eigenvalue weighted by molar-refractivity contribution is 7.09. The molecule has 2 rings (SSSR count). The van der Waals surface area contributed by atoms with Crippen LogP contribution in [0, 0.1) is 5.92 Å². The van der Waals surface area contributed by atoms with Gasteiger partial charge in [0.15, 0.2) is 0 Å². The van der Waals surface area contributed by atoms with Crippen LogP contribution >= 0.6 is 11.3 Å². The molecular weight excluding hydrogens is 296 g/mol. The van der Waals surface area contributed by atoms with Gasteiger partial charge in [-0.25, -0.2) is 4.98 Å². The third-order valence-electron chi connectivity index (χ3n) is 3.67. The van der Waals surface area contributed by atoms with E-state index in [9.17, 15) is 4.79 Å². The molecule has 0 radical (unpaired) electrons. The summed E-state index contributed by atoms with van der Waals surface area (Å²) in [5, 5.41) is 15.0. The smallest absolute Gasteiger partial charge is 0.226 e. The van der Waals surface area contributed by atoms with E-state index in [1.54, 1.807) is 11.3 Å². The van der Waals surface area contributed by atoms with Gasteiger partial charge >= 0.3 is 0 Å². The molecule has 2 atom stereocenters. The highest BCUT2D eigenvalue weighted by Crippen LogP contribution is 2.15. The van der Waals surface area contributed by atoms with E-state index in [1.165, 1.54) is 5.56 Å². The molecule has 0 saturated carbocycles. The quantitative estimate of drug-likeness (QED) is 0.824. The molecule has 1 aromatic heterocycles. The zero-order valence-corrected chi connectivity index (χ0v) is 13.8. The Hall–Kier alpha value is -1.72. The molecule has 118 valence electrons. The molecule has 2 unspecified atom stereocenters. The minimum Gasteiger partial charge on any atom is -0.396 e. The lowest BCUT2D eigenvalue weighted by atomic mass is 10.1. The van der Waals surface area contributed by atoms with Gasteiger partial charge in [0, 0.05) is 24.4 Å². The molecule has 0 aliphatic carbocycles. The number of aliphatic hydroxyl groups is 1. The fourth-order valence-corrected chi connectivity index (χ4v) is 2.88. The Labute approximate surface area is 135 Å². The largest absolute Gasteiger partial charge is 0.396 e. The van der Waals surface area contributed by atoms with Crippen molar-refractivity contribution in [3.8, 4) is 0 Å². The Bertz CT molecular complexity index is 598. The normalized spacial score (nSPS) is 13.6. The summed E-state index contributed by atoms with van der Waals surface area (Å²) in [5.74, 6) is -0.00242. The van der Waals surface area contributed by atoms with Crippen molar-refractivity contribution in [1.29, 1.82) is 0 Å². The number of hydrogen-bond acceptors (Lipinski definition) is 4. The third kappa shape index (κ3) is 4.93. The third-order valence-corrected chi connectivity index (χ3v) is 4.57. The first-order valence-electron chi connectivity index (χ1n) is 7.46. The Morgan fingerprint density at radius 3 is 2.73 bits per heavy atom. The number of amides is 1. The highest BCUT2D eigenvalue weighted by atomic mass is 32.1. The zero-order valence-electron chi connectivity index (χ0n) is 13.0. The van der Waals surface area contributed by atoms with Crippen molar-refractivity contribution < 1.29 is 9.90 Å². The van der Waals surface area contributed by atoms with Gasteiger partial charge in [-0.05, 0) is 18.4 Å². The first-order chi connectivity index (χ1) is 10.6. The number of nitrogens with zero attached hydrogens (tertiary/aromatic N) is 1. The van der Waals surface area contributed by atoms with Crippen molar-refractivity contribution in [2.45, 2.75) is 32.7 Å². The number of thiazole rings is 1. The molecule has 4 nitrogen and oxygen atoms in total. The minimum atomic E-state index is -0.0515. The number of carbonyl (C=O) groups excluding carboxylic acids is 1. The maximum atomic E-state index is 12.0. The van der Waals surface area contributed by atoms with Gasteiger partial charge in [0.25, 0.3) is 0 Å². The van der Waals surface area contributed by atoms with Gasteiger partial charge in [0.05, 0.1) is 17.1 Å². The number of hydrogen-bond donors (Lipinski definition) is 2. The van der Waals surface area contributed by atoms with E-state index in [1.807, 2.05) is 37.4 Å². The van der Waals surface area contributed by atoms with Crippen LogP contribution in [0.15, 0.2) is 35.7 Å². The lowest BCUT2D eigenvalue weighted by molar-refractivity contribution is -0.121. The van der Waals surface area contributed by atoms with E-state index in [2.05, 4.69) is 22.4 Å². The van der Waals surface area contributed by atoms with Crippen LogP contribution in [-0.2, 0) is 17.6 Å². The topological polar surface area (TPSA) is 62.2 Å². The van der Waals surface area contributed by atoms with Crippen molar-refractivity contribution in [3.63, 3.8) is 0 Å². The van der Waals surface area contributed by atoms with E-state index in [0.717, 1.165) is 17.1 Å². The van der Waals surface area contributed by atoms with Crippen LogP contribution in [0.25, 0.3) is 0 Å². The van der Waals surface area contributed by atoms with Crippen LogP contribution in [0.1, 0.15) is 30.1 Å². The Balaban J connectivity index is 1.88. The van der Waals surface area contributed by atoms with Gasteiger partial charge in [-0.2, -0.15) is 0 Å². The average Bonchev–Trinajstić information content (AvgIpc) is 2.94. The van der Waals surface area contributed by atoms with Crippen LogP contribution in [0.3, 0.4) is 0 Å². The van der Waals surface area contributed by atoms with Gasteiger partial charge in [0.1, 0.15) is 0 Å². The fraction of sp³-hybridized carbons (Fsp3) is 0.412. The maximum absolute atomic E-state index is 12.0. The van der Waals surface area contributed by atoms with Crippen LogP contribution in [0.2, 0.25) is 0 Å². The number of aromatic nitrogens is 1. The summed E-state index contributed by atoms with van der Waals surface area (Å²) >= 11 is 1.58. The van der Waals surface area contributed by atoms with E-state index in [4.69, 9.17) is 5.11 Å². The molecule has 0 aliphatic rings. The molecule has 0 aliphatic heterocycles. The Morgan fingerprint density at radius 2 is 2.05 bits per heavy atom. The monoisotopic (exact) mass is 318 g/mol. The van der Waals surface area contributed by atoms with Gasteiger partial charge in [-0.15, -0.1) is 11.3 Å². The summed E-state index contributed by atoms with van der Waals surface area (Å²) in [4.78, 5) is 16.5. The lowest BCUT2D eigenvalue weighted by Crippen LogP contribution is -2.39. The SMILES string of the molecule is CC(CO)C(C)NC(=O)Cc1csc(Cc2ccccc2)n1. The van der Waals surface area contributed by atoms with E-state index in [0.29, 0.717) is 0 Å². The summed E-state index contributed by atoms with van der Waals surface area (Å²) in [6.07, 6.45) is 1.08. The second kappa shape index (κ2) is 8.06. The van der Waals surface area contributed by atoms with Crippen LogP contribution < -0.4 is 5.32 Å². The Morgan fingerprint density at radius 1 is 1.32 bits per heavy atom. The number of carbonyl (C=O) groups is 1. The first kappa shape index (κ1) is 16.6. The first-order valence-corrected chi connectivity index (χ1v) is 8.34. The predicted octanol–water partition coefficient (Wildman–Crippen LogP) is 2.41. The van der Waals surface area contributed by atoms with Crippen molar-refractivity contribution >= 4 is 17.2 Å². The molecule has 2 aromatic rings. The van der Waals surface area contributed by atoms with E-state index in [-0.39, 0.29) is 30.9 Å². The van der Waals surface area contributed by atoms with Crippen LogP contribution in [0.5, 0.6) is 0 Å². The molecule has 0 spiro atoms. The van der Waals surface area contributed by atoms with Crippen molar-refractivity contribution in [2.24, 2.45) is 5.92 Å². The standard InChI is InChI=1S/C17H22N2O2S/c1-12(10-20)13(2)18-16(21)9-15-11-22-17(19-15)8-14-6-4-3-5-7-14/h3-7,11-13,20H,8-10H2,1-2H3,(H,18,21). The van der Waals surface area contributed by atoms with Gasteiger partial charge in [0.2, 0.25) is 5.91 Å². The van der Waals surface area contributed by atoms with Crippen molar-refractivity contribution in [1.82, 2.24) is 10.3 Å². The van der Waals surface area contributed by atoms with Gasteiger partial charge < -0.3 is 10.4 Å². The summed E-state index contributed by atoms with van der Waals surface area (Å²) in [6, 6.07) is 10.1. The molecule has 0 fully saturated rings. The summed E-state index contributed by atoms with van der Waals surface area (Å²) in [5.41, 5.74) is 2.02. The summed E-state index contributed by atoms with van der Waals surface area (Å²) in [7, 11) is 0. The molecule has 5 heteroatoms. The molecule has 1 heterocycles. The second-order valence-corrected chi connectivity index (χ2v) is 6.53. The van der Waals surface area contributed by atoms with E-state index >= 15 is 0 Å².